The number of nitrogens with one attached hydrogen (secondary N) is 1. The molecule has 3 nitrogen and oxygen atoms in total. The summed E-state index contributed by atoms with van der Waals surface area (Å²) in [5, 5.41) is 3.32. The highest BCUT2D eigenvalue weighted by molar-refractivity contribution is 9.10. The molecule has 0 saturated carbocycles. The van der Waals surface area contributed by atoms with Gasteiger partial charge < -0.3 is 9.88 Å². The average molecular weight is 294 g/mol. The Morgan fingerprint density at radius 2 is 2.00 bits per heavy atom. The van der Waals surface area contributed by atoms with Crippen LogP contribution in [0.15, 0.2) is 41.1 Å². The van der Waals surface area contributed by atoms with Crippen molar-refractivity contribution >= 4 is 27.6 Å². The number of rotatable bonds is 4. The Morgan fingerprint density at radius 3 is 2.65 bits per heavy atom. The number of aromatic nitrogens is 2. The lowest BCUT2D eigenvalue weighted by atomic mass is 10.2. The summed E-state index contributed by atoms with van der Waals surface area (Å²) in [5.74, 6) is 1.50. The number of hydrogen-bond donors (Lipinski definition) is 1. The maximum Gasteiger partial charge on any atom is 0.207 e. The Kier molecular flexibility index (Phi) is 3.84. The molecule has 0 amide bonds. The maximum atomic E-state index is 4.33. The SMILES string of the molecule is CC(C)Cn1ccnc1Nc1ccc(Br)cc1. The number of benzene rings is 1. The van der Waals surface area contributed by atoms with Gasteiger partial charge >= 0.3 is 0 Å². The van der Waals surface area contributed by atoms with Gasteiger partial charge in [0.05, 0.1) is 0 Å². The molecule has 0 spiro atoms. The van der Waals surface area contributed by atoms with Crippen LogP contribution in [0.5, 0.6) is 0 Å². The zero-order valence-corrected chi connectivity index (χ0v) is 11.6. The van der Waals surface area contributed by atoms with E-state index in [0.29, 0.717) is 5.92 Å². The van der Waals surface area contributed by atoms with Gasteiger partial charge in [0.2, 0.25) is 5.95 Å². The molecule has 0 fully saturated rings. The summed E-state index contributed by atoms with van der Waals surface area (Å²) in [4.78, 5) is 4.33. The van der Waals surface area contributed by atoms with E-state index in [2.05, 4.69) is 44.6 Å². The molecular formula is C13H16BrN3. The van der Waals surface area contributed by atoms with Gasteiger partial charge in [-0.25, -0.2) is 4.98 Å². The molecule has 0 bridgehead atoms. The lowest BCUT2D eigenvalue weighted by Gasteiger charge is -2.11. The Bertz CT molecular complexity index is 474. The fourth-order valence-electron chi connectivity index (χ4n) is 1.64. The molecule has 90 valence electrons. The van der Waals surface area contributed by atoms with Gasteiger partial charge in [0.1, 0.15) is 0 Å². The monoisotopic (exact) mass is 293 g/mol. The lowest BCUT2D eigenvalue weighted by Crippen LogP contribution is -2.07. The number of nitrogens with zero attached hydrogens (tertiary/aromatic N) is 2. The van der Waals surface area contributed by atoms with E-state index in [1.807, 2.05) is 36.7 Å². The summed E-state index contributed by atoms with van der Waals surface area (Å²) in [5.41, 5.74) is 1.05. The lowest BCUT2D eigenvalue weighted by molar-refractivity contribution is 0.527. The second-order valence-electron chi connectivity index (χ2n) is 4.43. The van der Waals surface area contributed by atoms with Crippen LogP contribution in [0.25, 0.3) is 0 Å². The highest BCUT2D eigenvalue weighted by atomic mass is 79.9. The third kappa shape index (κ3) is 3.33. The van der Waals surface area contributed by atoms with E-state index in [-0.39, 0.29) is 0 Å². The summed E-state index contributed by atoms with van der Waals surface area (Å²) < 4.78 is 3.21. The van der Waals surface area contributed by atoms with E-state index in [1.54, 1.807) is 0 Å². The molecule has 2 rings (SSSR count). The van der Waals surface area contributed by atoms with Crippen molar-refractivity contribution in [1.29, 1.82) is 0 Å². The van der Waals surface area contributed by atoms with Crippen LogP contribution in [0.2, 0.25) is 0 Å². The van der Waals surface area contributed by atoms with Crippen molar-refractivity contribution in [3.8, 4) is 0 Å². The fourth-order valence-corrected chi connectivity index (χ4v) is 1.90. The minimum Gasteiger partial charge on any atom is -0.326 e. The van der Waals surface area contributed by atoms with E-state index in [9.17, 15) is 0 Å². The molecule has 1 heterocycles. The van der Waals surface area contributed by atoms with Gasteiger partial charge in [-0.3, -0.25) is 0 Å². The van der Waals surface area contributed by atoms with Gasteiger partial charge in [-0.2, -0.15) is 0 Å². The molecule has 0 atom stereocenters. The van der Waals surface area contributed by atoms with Crippen LogP contribution in [0.4, 0.5) is 11.6 Å². The number of imidazole rings is 1. The van der Waals surface area contributed by atoms with Crippen LogP contribution in [0.1, 0.15) is 13.8 Å². The van der Waals surface area contributed by atoms with Crippen molar-refractivity contribution in [3.63, 3.8) is 0 Å². The van der Waals surface area contributed by atoms with Gasteiger partial charge in [0.25, 0.3) is 0 Å². The Hall–Kier alpha value is -1.29. The van der Waals surface area contributed by atoms with E-state index >= 15 is 0 Å². The topological polar surface area (TPSA) is 29.9 Å². The minimum absolute atomic E-state index is 0.606. The second kappa shape index (κ2) is 5.36. The molecule has 0 unspecified atom stereocenters. The normalized spacial score (nSPS) is 10.8. The number of anilines is 2. The van der Waals surface area contributed by atoms with Crippen molar-refractivity contribution in [2.45, 2.75) is 20.4 Å². The Labute approximate surface area is 110 Å². The third-order valence-corrected chi connectivity index (χ3v) is 2.91. The second-order valence-corrected chi connectivity index (χ2v) is 5.34. The highest BCUT2D eigenvalue weighted by Gasteiger charge is 2.04. The standard InChI is InChI=1S/C13H16BrN3/c1-10(2)9-17-8-7-15-13(17)16-12-5-3-11(14)4-6-12/h3-8,10H,9H2,1-2H3,(H,15,16). The van der Waals surface area contributed by atoms with Gasteiger partial charge in [0, 0.05) is 29.1 Å². The first kappa shape index (κ1) is 12.2. The van der Waals surface area contributed by atoms with Gasteiger partial charge in [-0.05, 0) is 30.2 Å². The summed E-state index contributed by atoms with van der Waals surface area (Å²) in [6.07, 6.45) is 3.82. The maximum absolute atomic E-state index is 4.33. The van der Waals surface area contributed by atoms with Crippen molar-refractivity contribution < 1.29 is 0 Å². The third-order valence-electron chi connectivity index (χ3n) is 2.38. The molecule has 4 heteroatoms. The van der Waals surface area contributed by atoms with Gasteiger partial charge in [-0.15, -0.1) is 0 Å². The molecule has 0 aliphatic heterocycles. The van der Waals surface area contributed by atoms with E-state index in [0.717, 1.165) is 22.7 Å². The van der Waals surface area contributed by atoms with Crippen LogP contribution < -0.4 is 5.32 Å². The Balaban J connectivity index is 2.13. The van der Waals surface area contributed by atoms with Crippen LogP contribution >= 0.6 is 15.9 Å². The quantitative estimate of drug-likeness (QED) is 0.922. The molecule has 1 N–H and O–H groups in total. The van der Waals surface area contributed by atoms with Crippen molar-refractivity contribution in [2.24, 2.45) is 5.92 Å². The minimum atomic E-state index is 0.606. The summed E-state index contributed by atoms with van der Waals surface area (Å²) in [6.45, 7) is 5.37. The predicted octanol–water partition coefficient (Wildman–Crippen LogP) is 4.05. The highest BCUT2D eigenvalue weighted by Crippen LogP contribution is 2.18. The zero-order valence-electron chi connectivity index (χ0n) is 10.0. The van der Waals surface area contributed by atoms with E-state index in [1.165, 1.54) is 0 Å². The summed E-state index contributed by atoms with van der Waals surface area (Å²) >= 11 is 3.42. The predicted molar refractivity (Wildman–Crippen MR) is 74.5 cm³/mol. The van der Waals surface area contributed by atoms with Crippen molar-refractivity contribution in [3.05, 3.63) is 41.1 Å². The molecule has 0 radical (unpaired) electrons. The number of hydrogen-bond acceptors (Lipinski definition) is 2. The first-order valence-electron chi connectivity index (χ1n) is 5.69. The summed E-state index contributed by atoms with van der Waals surface area (Å²) in [7, 11) is 0. The van der Waals surface area contributed by atoms with Crippen LogP contribution in [0.3, 0.4) is 0 Å². The molecular weight excluding hydrogens is 278 g/mol. The largest absolute Gasteiger partial charge is 0.326 e. The smallest absolute Gasteiger partial charge is 0.207 e. The molecule has 0 saturated heterocycles. The molecule has 1 aromatic carbocycles. The molecule has 2 aromatic rings. The van der Waals surface area contributed by atoms with Crippen LogP contribution in [-0.4, -0.2) is 9.55 Å². The van der Waals surface area contributed by atoms with Crippen LogP contribution in [0, 0.1) is 5.92 Å². The molecule has 17 heavy (non-hydrogen) atoms. The first-order valence-corrected chi connectivity index (χ1v) is 6.48. The fraction of sp³-hybridized carbons (Fsp3) is 0.308. The zero-order chi connectivity index (χ0) is 12.3. The molecule has 0 aliphatic rings. The van der Waals surface area contributed by atoms with Crippen LogP contribution in [-0.2, 0) is 6.54 Å². The van der Waals surface area contributed by atoms with Gasteiger partial charge in [-0.1, -0.05) is 29.8 Å². The van der Waals surface area contributed by atoms with Crippen molar-refractivity contribution in [1.82, 2.24) is 9.55 Å². The Morgan fingerprint density at radius 1 is 1.29 bits per heavy atom. The molecule has 1 aromatic heterocycles. The summed E-state index contributed by atoms with van der Waals surface area (Å²) in [6, 6.07) is 8.08. The van der Waals surface area contributed by atoms with Crippen molar-refractivity contribution in [2.75, 3.05) is 5.32 Å². The van der Waals surface area contributed by atoms with E-state index < -0.39 is 0 Å². The number of halogens is 1. The van der Waals surface area contributed by atoms with E-state index in [4.69, 9.17) is 0 Å². The first-order chi connectivity index (χ1) is 8.15. The average Bonchev–Trinajstić information content (AvgIpc) is 2.68. The molecule has 0 aliphatic carbocycles. The van der Waals surface area contributed by atoms with Gasteiger partial charge in [0.15, 0.2) is 0 Å².